The van der Waals surface area contributed by atoms with Gasteiger partial charge in [-0.1, -0.05) is 18.4 Å². The van der Waals surface area contributed by atoms with E-state index >= 15 is 0 Å². The van der Waals surface area contributed by atoms with Crippen LogP contribution in [0.25, 0.3) is 5.48 Å². The zero-order chi connectivity index (χ0) is 19.1. The number of hydrogen-bond donors (Lipinski definition) is 3. The number of aliphatic carboxylic acids is 1. The third-order valence-electron chi connectivity index (χ3n) is 2.46. The molecule has 0 amide bonds. The number of Topliss-reactive ketones (excluding diaryl/α,β-unsaturated/α-hetero) is 1. The Bertz CT molecular complexity index is 548. The third kappa shape index (κ3) is 14.7. The molecular weight excluding hydrogens is 538 g/mol. The summed E-state index contributed by atoms with van der Waals surface area (Å²) in [5, 5.41) is 23.5. The van der Waals surface area contributed by atoms with Gasteiger partial charge in [0.15, 0.2) is 0 Å². The summed E-state index contributed by atoms with van der Waals surface area (Å²) >= 11 is 1.25. The maximum absolute atomic E-state index is 10.6. The van der Waals surface area contributed by atoms with Crippen molar-refractivity contribution < 1.29 is 45.5 Å². The molecule has 0 atom stereocenters. The Balaban J connectivity index is 0. The summed E-state index contributed by atoms with van der Waals surface area (Å²) in [4.78, 5) is 38.6. The number of nitrogen functional groups attached to an aromatic ring is 1. The first-order chi connectivity index (χ1) is 11.9. The Morgan fingerprint density at radius 2 is 2.08 bits per heavy atom. The van der Waals surface area contributed by atoms with Crippen LogP contribution in [0.15, 0.2) is 18.3 Å². The van der Waals surface area contributed by atoms with Gasteiger partial charge in [0.05, 0.1) is 4.92 Å². The van der Waals surface area contributed by atoms with Crippen LogP contribution in [0.5, 0.6) is 0 Å². The number of carbonyl (C=O) groups is 2. The summed E-state index contributed by atoms with van der Waals surface area (Å²) < 4.78 is 0. The van der Waals surface area contributed by atoms with E-state index in [0.29, 0.717) is 13.0 Å². The summed E-state index contributed by atoms with van der Waals surface area (Å²) in [6.07, 6.45) is 2.33. The molecule has 1 rings (SSSR count). The van der Waals surface area contributed by atoms with Gasteiger partial charge in [-0.2, -0.15) is 0 Å². The van der Waals surface area contributed by atoms with Gasteiger partial charge in [0.1, 0.15) is 12.0 Å². The molecule has 146 valence electrons. The van der Waals surface area contributed by atoms with Crippen molar-refractivity contribution in [2.24, 2.45) is 5.14 Å². The molecule has 1 heterocycles. The number of pyridine rings is 1. The van der Waals surface area contributed by atoms with Crippen molar-refractivity contribution in [1.82, 2.24) is 4.98 Å². The number of nitrogens with two attached hydrogens (primary N) is 2. The summed E-state index contributed by atoms with van der Waals surface area (Å²) in [5.41, 5.74) is 8.87. The Kier molecular flexibility index (Phi) is 17.3. The monoisotopic (exact) mass is 558 g/mol. The van der Waals surface area contributed by atoms with Gasteiger partial charge in [0, 0.05) is 45.9 Å². The molecule has 0 saturated carbocycles. The number of aromatic nitrogens is 1. The SMILES string of the molecule is NSCCC[N-]OCCCC(=O)C(=O)O.Nc1ccc([N+](=O)[O-])cn1.[W]. The fourth-order valence-corrected chi connectivity index (χ4v) is 1.55. The number of hydrogen-bond acceptors (Lipinski definition) is 9. The van der Waals surface area contributed by atoms with Gasteiger partial charge in [-0.15, -0.1) is 6.54 Å². The number of ketones is 1. The Morgan fingerprint density at radius 3 is 2.58 bits per heavy atom. The van der Waals surface area contributed by atoms with Crippen LogP contribution in [0.4, 0.5) is 11.5 Å². The van der Waals surface area contributed by atoms with E-state index < -0.39 is 16.7 Å². The predicted octanol–water partition coefficient (Wildman–Crippen LogP) is 1.29. The number of hydroxylamine groups is 1. The topological polar surface area (TPSA) is 186 Å². The average molecular weight is 558 g/mol. The van der Waals surface area contributed by atoms with Crippen LogP contribution < -0.4 is 10.9 Å². The molecule has 0 aromatic carbocycles. The molecule has 0 spiro atoms. The number of nitro groups is 1. The second-order valence-corrected chi connectivity index (χ2v) is 5.18. The van der Waals surface area contributed by atoms with Crippen LogP contribution in [0, 0.1) is 10.1 Å². The fraction of sp³-hybridized carbons (Fsp3) is 0.462. The fourth-order valence-electron chi connectivity index (χ4n) is 1.25. The predicted molar refractivity (Wildman–Crippen MR) is 92.6 cm³/mol. The van der Waals surface area contributed by atoms with E-state index in [-0.39, 0.29) is 45.6 Å². The first kappa shape index (κ1) is 26.6. The smallest absolute Gasteiger partial charge is 0.372 e. The molecule has 1 aromatic rings. The number of rotatable bonds is 11. The minimum Gasteiger partial charge on any atom is -0.534 e. The van der Waals surface area contributed by atoms with E-state index in [1.807, 2.05) is 0 Å². The average Bonchev–Trinajstić information content (AvgIpc) is 2.58. The van der Waals surface area contributed by atoms with Crippen LogP contribution in [-0.2, 0) is 35.5 Å². The van der Waals surface area contributed by atoms with E-state index in [9.17, 15) is 19.7 Å². The molecular formula is C13H20N5O6SW-. The Morgan fingerprint density at radius 1 is 1.38 bits per heavy atom. The van der Waals surface area contributed by atoms with E-state index in [0.717, 1.165) is 18.4 Å². The quantitative estimate of drug-likeness (QED) is 0.118. The van der Waals surface area contributed by atoms with Crippen LogP contribution in [-0.4, -0.2) is 45.7 Å². The number of carbonyl (C=O) groups excluding carboxylic acids is 1. The molecule has 0 unspecified atom stereocenters. The zero-order valence-corrected chi connectivity index (χ0v) is 17.5. The van der Waals surface area contributed by atoms with Gasteiger partial charge in [-0.05, 0) is 12.5 Å². The molecule has 0 fully saturated rings. The molecule has 11 nitrogen and oxygen atoms in total. The van der Waals surface area contributed by atoms with Gasteiger partial charge in [-0.25, -0.2) is 9.78 Å². The molecule has 5 N–H and O–H groups in total. The van der Waals surface area contributed by atoms with Crippen LogP contribution in [0.3, 0.4) is 0 Å². The summed E-state index contributed by atoms with van der Waals surface area (Å²) in [6, 6.07) is 2.69. The molecule has 0 bridgehead atoms. The second-order valence-electron chi connectivity index (χ2n) is 4.44. The molecule has 1 aromatic heterocycles. The van der Waals surface area contributed by atoms with E-state index in [4.69, 9.17) is 20.8 Å². The largest absolute Gasteiger partial charge is 0.534 e. The maximum Gasteiger partial charge on any atom is 0.372 e. The molecule has 0 aliphatic heterocycles. The van der Waals surface area contributed by atoms with Crippen molar-refractivity contribution in [1.29, 1.82) is 0 Å². The van der Waals surface area contributed by atoms with E-state index in [1.54, 1.807) is 0 Å². The molecule has 0 saturated heterocycles. The van der Waals surface area contributed by atoms with Gasteiger partial charge in [0.25, 0.3) is 5.69 Å². The van der Waals surface area contributed by atoms with Crippen LogP contribution in [0.1, 0.15) is 19.3 Å². The van der Waals surface area contributed by atoms with Crippen molar-refractivity contribution in [2.45, 2.75) is 19.3 Å². The minimum absolute atomic E-state index is 0. The van der Waals surface area contributed by atoms with Crippen LogP contribution in [0.2, 0.25) is 0 Å². The number of carboxylic acid groups (broad SMARTS) is 1. The van der Waals surface area contributed by atoms with Crippen molar-refractivity contribution >= 4 is 35.2 Å². The standard InChI is InChI=1S/C8H15N2O4S.C5H5N3O2.W/c9-15-6-2-4-10-14-5-1-3-7(11)8(12)13;6-5-2-1-4(3-7-5)8(9)10;/h1-6,9H2,(H,12,13);1-3H,(H2,6,7);/q-1;;. The first-order valence-electron chi connectivity index (χ1n) is 7.11. The summed E-state index contributed by atoms with van der Waals surface area (Å²) in [6.45, 7) is 0.839. The summed E-state index contributed by atoms with van der Waals surface area (Å²) in [5.74, 6) is -1.08. The molecule has 0 radical (unpaired) electrons. The van der Waals surface area contributed by atoms with Crippen molar-refractivity contribution in [3.63, 3.8) is 0 Å². The molecule has 13 heteroatoms. The van der Waals surface area contributed by atoms with Gasteiger partial charge in [0.2, 0.25) is 5.78 Å². The molecule has 0 aliphatic rings. The number of nitrogens with zero attached hydrogens (tertiary/aromatic N) is 3. The van der Waals surface area contributed by atoms with Gasteiger partial charge < -0.3 is 21.2 Å². The van der Waals surface area contributed by atoms with Crippen molar-refractivity contribution in [3.8, 4) is 0 Å². The molecule has 26 heavy (non-hydrogen) atoms. The first-order valence-corrected chi connectivity index (χ1v) is 8.15. The second kappa shape index (κ2) is 16.9. The van der Waals surface area contributed by atoms with Crippen molar-refractivity contribution in [3.05, 3.63) is 33.9 Å². The van der Waals surface area contributed by atoms with Crippen LogP contribution >= 0.6 is 11.9 Å². The minimum atomic E-state index is -1.40. The normalized spacial score (nSPS) is 9.42. The number of anilines is 1. The Labute approximate surface area is 168 Å². The molecule has 0 aliphatic carbocycles. The maximum atomic E-state index is 10.6. The Hall–Kier alpha value is -1.59. The van der Waals surface area contributed by atoms with E-state index in [2.05, 4.69) is 10.5 Å². The van der Waals surface area contributed by atoms with Gasteiger partial charge >= 0.3 is 5.97 Å². The van der Waals surface area contributed by atoms with Crippen molar-refractivity contribution in [2.75, 3.05) is 24.6 Å². The summed E-state index contributed by atoms with van der Waals surface area (Å²) in [7, 11) is 0. The van der Waals surface area contributed by atoms with Gasteiger partial charge in [-0.3, -0.25) is 20.0 Å². The zero-order valence-electron chi connectivity index (χ0n) is 13.8. The third-order valence-corrected chi connectivity index (χ3v) is 2.99. The van der Waals surface area contributed by atoms with E-state index in [1.165, 1.54) is 24.1 Å². The number of carboxylic acids is 1.